The van der Waals surface area contributed by atoms with Gasteiger partial charge in [0, 0.05) is 30.6 Å². The molecule has 1 fully saturated rings. The molecule has 0 spiro atoms. The highest BCUT2D eigenvalue weighted by atomic mass is 19.3. The monoisotopic (exact) mass is 418 g/mol. The molecule has 1 saturated heterocycles. The van der Waals surface area contributed by atoms with Crippen LogP contribution >= 0.6 is 0 Å². The molecule has 2 aromatic rings. The standard InChI is InChI=1S/C20H20F2N4O4/c21-20(22)29-17-7-6-15(12-18(17)30-20)24-19(27)23-14-8-10-25(11-9-14)13-26(28)16-4-2-1-3-5-16/h1-7,12-14H,8-11H2,(H2,23,24,27)/b26-13+. The number of carbonyl (C=O) groups excluding carboxylic acids is 1. The van der Waals surface area contributed by atoms with Crippen LogP contribution in [-0.2, 0) is 0 Å². The van der Waals surface area contributed by atoms with Crippen LogP contribution in [0.15, 0.2) is 48.5 Å². The summed E-state index contributed by atoms with van der Waals surface area (Å²) in [4.78, 5) is 14.1. The Bertz CT molecular complexity index is 947. The first-order valence-corrected chi connectivity index (χ1v) is 9.46. The van der Waals surface area contributed by atoms with Crippen LogP contribution in [0.5, 0.6) is 11.5 Å². The molecule has 2 heterocycles. The van der Waals surface area contributed by atoms with Crippen LogP contribution in [0.4, 0.5) is 25.0 Å². The van der Waals surface area contributed by atoms with Crippen molar-refractivity contribution >= 4 is 23.7 Å². The quantitative estimate of drug-likeness (QED) is 0.261. The molecule has 2 amide bonds. The molecule has 4 rings (SSSR count). The van der Waals surface area contributed by atoms with E-state index in [-0.39, 0.29) is 17.5 Å². The first-order chi connectivity index (χ1) is 14.4. The van der Waals surface area contributed by atoms with Crippen LogP contribution < -0.4 is 20.1 Å². The maximum atomic E-state index is 13.1. The fourth-order valence-electron chi connectivity index (χ4n) is 3.33. The lowest BCUT2D eigenvalue weighted by atomic mass is 10.1. The summed E-state index contributed by atoms with van der Waals surface area (Å²) >= 11 is 0. The van der Waals surface area contributed by atoms with Crippen LogP contribution in [0, 0.1) is 5.21 Å². The number of hydrogen-bond acceptors (Lipinski definition) is 4. The zero-order valence-electron chi connectivity index (χ0n) is 15.9. The molecule has 2 aliphatic heterocycles. The first kappa shape index (κ1) is 19.7. The van der Waals surface area contributed by atoms with Gasteiger partial charge in [0.15, 0.2) is 11.5 Å². The van der Waals surface area contributed by atoms with Gasteiger partial charge in [-0.15, -0.1) is 8.78 Å². The van der Waals surface area contributed by atoms with E-state index in [9.17, 15) is 18.8 Å². The number of carbonyl (C=O) groups is 1. The molecule has 158 valence electrons. The summed E-state index contributed by atoms with van der Waals surface area (Å²) in [6, 6.07) is 12.4. The molecule has 0 unspecified atom stereocenters. The summed E-state index contributed by atoms with van der Waals surface area (Å²) < 4.78 is 35.7. The highest BCUT2D eigenvalue weighted by Gasteiger charge is 2.43. The van der Waals surface area contributed by atoms with Crippen molar-refractivity contribution in [2.75, 3.05) is 18.4 Å². The Hall–Kier alpha value is -3.56. The Morgan fingerprint density at radius 1 is 1.13 bits per heavy atom. The molecule has 2 aromatic carbocycles. The minimum atomic E-state index is -3.70. The summed E-state index contributed by atoms with van der Waals surface area (Å²) in [7, 11) is 0. The summed E-state index contributed by atoms with van der Waals surface area (Å²) in [5, 5.41) is 17.6. The Kier molecular flexibility index (Phi) is 5.30. The molecular weight excluding hydrogens is 398 g/mol. The number of likely N-dealkylation sites (tertiary alicyclic amines) is 1. The van der Waals surface area contributed by atoms with Crippen LogP contribution in [0.25, 0.3) is 0 Å². The SMILES string of the molecule is O=C(Nc1ccc2c(c1)OC(F)(F)O2)NC1CCN(/C=[N+](/[O-])c2ccccc2)CC1. The molecule has 0 saturated carbocycles. The smallest absolute Gasteiger partial charge is 0.586 e. The molecule has 2 aliphatic rings. The van der Waals surface area contributed by atoms with Gasteiger partial charge in [-0.2, -0.15) is 0 Å². The second-order valence-corrected chi connectivity index (χ2v) is 7.01. The predicted molar refractivity (Wildman–Crippen MR) is 105 cm³/mol. The number of fused-ring (bicyclic) bond motifs is 1. The average molecular weight is 418 g/mol. The molecule has 2 N–H and O–H groups in total. The lowest BCUT2D eigenvalue weighted by molar-refractivity contribution is -0.361. The Morgan fingerprint density at radius 2 is 1.83 bits per heavy atom. The summed E-state index contributed by atoms with van der Waals surface area (Å²) in [5.74, 6) is -0.222. The second-order valence-electron chi connectivity index (χ2n) is 7.01. The highest BCUT2D eigenvalue weighted by molar-refractivity contribution is 5.89. The van der Waals surface area contributed by atoms with E-state index in [2.05, 4.69) is 20.1 Å². The second kappa shape index (κ2) is 8.05. The number of anilines is 1. The van der Waals surface area contributed by atoms with Crippen molar-refractivity contribution in [3.63, 3.8) is 0 Å². The zero-order valence-corrected chi connectivity index (χ0v) is 15.9. The lowest BCUT2D eigenvalue weighted by Gasteiger charge is -2.27. The minimum Gasteiger partial charge on any atom is -0.711 e. The molecule has 0 atom stereocenters. The number of benzene rings is 2. The third kappa shape index (κ3) is 4.70. The number of para-hydroxylation sites is 1. The van der Waals surface area contributed by atoms with Gasteiger partial charge in [0.2, 0.25) is 6.34 Å². The molecule has 0 aliphatic carbocycles. The average Bonchev–Trinajstić information content (AvgIpc) is 3.03. The molecule has 0 radical (unpaired) electrons. The van der Waals surface area contributed by atoms with E-state index in [1.165, 1.54) is 24.5 Å². The molecule has 30 heavy (non-hydrogen) atoms. The molecule has 10 heteroatoms. The van der Waals surface area contributed by atoms with Crippen molar-refractivity contribution in [2.45, 2.75) is 25.2 Å². The molecule has 8 nitrogen and oxygen atoms in total. The number of amides is 2. The van der Waals surface area contributed by atoms with Gasteiger partial charge in [0.05, 0.1) is 13.1 Å². The van der Waals surface area contributed by atoms with E-state index in [4.69, 9.17) is 0 Å². The fourth-order valence-corrected chi connectivity index (χ4v) is 3.33. The van der Waals surface area contributed by atoms with Gasteiger partial charge in [-0.05, 0) is 24.3 Å². The van der Waals surface area contributed by atoms with Crippen LogP contribution in [0.3, 0.4) is 0 Å². The lowest BCUT2D eigenvalue weighted by Crippen LogP contribution is -2.46. The third-order valence-electron chi connectivity index (χ3n) is 4.80. The highest BCUT2D eigenvalue weighted by Crippen LogP contribution is 2.42. The number of hydrogen-bond donors (Lipinski definition) is 2. The van der Waals surface area contributed by atoms with Crippen molar-refractivity contribution in [2.24, 2.45) is 0 Å². The number of alkyl halides is 2. The molecule has 0 bridgehead atoms. The van der Waals surface area contributed by atoms with Crippen LogP contribution in [0.2, 0.25) is 0 Å². The number of nitrogens with zero attached hydrogens (tertiary/aromatic N) is 2. The van der Waals surface area contributed by atoms with E-state index in [0.717, 1.165) is 4.74 Å². The Morgan fingerprint density at radius 3 is 2.57 bits per heavy atom. The maximum Gasteiger partial charge on any atom is 0.586 e. The van der Waals surface area contributed by atoms with E-state index in [0.29, 0.717) is 37.3 Å². The summed E-state index contributed by atoms with van der Waals surface area (Å²) in [5.41, 5.74) is 0.863. The van der Waals surface area contributed by atoms with Gasteiger partial charge < -0.3 is 25.3 Å². The minimum absolute atomic E-state index is 0.0650. The first-order valence-electron chi connectivity index (χ1n) is 9.46. The van der Waals surface area contributed by atoms with Gasteiger partial charge in [-0.3, -0.25) is 4.90 Å². The number of nitrogens with one attached hydrogen (secondary N) is 2. The number of halogens is 2. The van der Waals surface area contributed by atoms with Crippen LogP contribution in [0.1, 0.15) is 12.8 Å². The third-order valence-corrected chi connectivity index (χ3v) is 4.80. The molecular formula is C20H20F2N4O4. The van der Waals surface area contributed by atoms with Crippen LogP contribution in [-0.4, -0.2) is 47.4 Å². The predicted octanol–water partition coefficient (Wildman–Crippen LogP) is 3.46. The van der Waals surface area contributed by atoms with Crippen molar-refractivity contribution in [3.8, 4) is 11.5 Å². The number of rotatable bonds is 4. The van der Waals surface area contributed by atoms with Gasteiger partial charge in [-0.25, -0.2) is 9.53 Å². The number of urea groups is 1. The summed E-state index contributed by atoms with van der Waals surface area (Å²) in [6.45, 7) is 1.24. The number of piperidine rings is 1. The zero-order chi connectivity index (χ0) is 21.1. The molecule has 0 aromatic heterocycles. The van der Waals surface area contributed by atoms with E-state index in [1.54, 1.807) is 24.3 Å². The largest absolute Gasteiger partial charge is 0.711 e. The normalized spacial score (nSPS) is 18.2. The number of ether oxygens (including phenoxy) is 2. The maximum absolute atomic E-state index is 13.1. The van der Waals surface area contributed by atoms with E-state index < -0.39 is 12.3 Å². The van der Waals surface area contributed by atoms with Crippen molar-refractivity contribution in [1.29, 1.82) is 0 Å². The van der Waals surface area contributed by atoms with Gasteiger partial charge in [0.1, 0.15) is 5.69 Å². The van der Waals surface area contributed by atoms with E-state index >= 15 is 0 Å². The fraction of sp³-hybridized carbons (Fsp3) is 0.300. The van der Waals surface area contributed by atoms with Gasteiger partial charge in [0.25, 0.3) is 0 Å². The Labute approximate surface area is 171 Å². The van der Waals surface area contributed by atoms with Crippen molar-refractivity contribution in [3.05, 3.63) is 53.7 Å². The van der Waals surface area contributed by atoms with E-state index in [1.807, 2.05) is 11.0 Å². The van der Waals surface area contributed by atoms with Crippen molar-refractivity contribution in [1.82, 2.24) is 10.2 Å². The van der Waals surface area contributed by atoms with Gasteiger partial charge in [-0.1, -0.05) is 18.2 Å². The van der Waals surface area contributed by atoms with Crippen molar-refractivity contribution < 1.29 is 27.8 Å². The van der Waals surface area contributed by atoms with Gasteiger partial charge >= 0.3 is 12.3 Å². The topological polar surface area (TPSA) is 88.9 Å². The Balaban J connectivity index is 1.26. The summed E-state index contributed by atoms with van der Waals surface area (Å²) in [6.07, 6.45) is -0.845.